The number of nitrogens with one attached hydrogen (secondary N) is 1. The Kier molecular flexibility index (Phi) is 4.00. The van der Waals surface area contributed by atoms with Gasteiger partial charge in [-0.25, -0.2) is 0 Å². The molecule has 1 saturated carbocycles. The highest BCUT2D eigenvalue weighted by Gasteiger charge is 2.48. The maximum absolute atomic E-state index is 12.7. The third-order valence-electron chi connectivity index (χ3n) is 4.29. The summed E-state index contributed by atoms with van der Waals surface area (Å²) in [5.74, 6) is -0.885. The van der Waals surface area contributed by atoms with Crippen molar-refractivity contribution >= 4 is 11.8 Å². The minimum absolute atomic E-state index is 0.0643. The first-order valence-electron chi connectivity index (χ1n) is 8.12. The number of rotatable bonds is 3. The molecule has 1 aliphatic heterocycles. The lowest BCUT2D eigenvalue weighted by molar-refractivity contribution is -0.164. The molecule has 1 N–H and O–H groups in total. The molecule has 0 amide bonds. The van der Waals surface area contributed by atoms with E-state index in [9.17, 15) is 9.59 Å². The van der Waals surface area contributed by atoms with Gasteiger partial charge < -0.3 is 10.1 Å². The van der Waals surface area contributed by atoms with E-state index in [1.54, 1.807) is 38.7 Å². The number of ketones is 1. The summed E-state index contributed by atoms with van der Waals surface area (Å²) in [6.45, 7) is 5.40. The number of esters is 1. The van der Waals surface area contributed by atoms with Crippen LogP contribution in [0, 0.1) is 11.8 Å². The lowest BCUT2D eigenvalue weighted by Gasteiger charge is -2.35. The molecule has 7 nitrogen and oxygen atoms in total. The molecule has 1 saturated heterocycles. The maximum atomic E-state index is 12.7. The normalized spacial score (nSPS) is 28.7. The Morgan fingerprint density at radius 2 is 2.09 bits per heavy atom. The van der Waals surface area contributed by atoms with Crippen LogP contribution in [0.25, 0.3) is 0 Å². The first kappa shape index (κ1) is 16.1. The third-order valence-corrected chi connectivity index (χ3v) is 4.29. The van der Waals surface area contributed by atoms with E-state index in [4.69, 9.17) is 4.74 Å². The van der Waals surface area contributed by atoms with Crippen molar-refractivity contribution in [2.75, 3.05) is 0 Å². The number of piperidine rings is 1. The Labute approximate surface area is 135 Å². The molecule has 0 unspecified atom stereocenters. The summed E-state index contributed by atoms with van der Waals surface area (Å²) in [6.07, 6.45) is 4.40. The lowest BCUT2D eigenvalue weighted by atomic mass is 9.83. The molecule has 23 heavy (non-hydrogen) atoms. The molecule has 0 spiro atoms. The predicted octanol–water partition coefficient (Wildman–Crippen LogP) is 1.16. The van der Waals surface area contributed by atoms with E-state index in [2.05, 4.69) is 15.6 Å². The van der Waals surface area contributed by atoms with Crippen LogP contribution in [0.5, 0.6) is 0 Å². The first-order chi connectivity index (χ1) is 10.7. The van der Waals surface area contributed by atoms with Gasteiger partial charge in [0.1, 0.15) is 17.2 Å². The molecule has 0 bridgehead atoms. The van der Waals surface area contributed by atoms with Crippen LogP contribution >= 0.6 is 0 Å². The smallest absolute Gasteiger partial charge is 0.319 e. The molecule has 0 aromatic carbocycles. The zero-order valence-electron chi connectivity index (χ0n) is 14.1. The number of carbonyl (C=O) groups is 2. The van der Waals surface area contributed by atoms with E-state index >= 15 is 0 Å². The van der Waals surface area contributed by atoms with Gasteiger partial charge in [0, 0.05) is 25.7 Å². The molecule has 2 aliphatic rings. The van der Waals surface area contributed by atoms with E-state index in [-0.39, 0.29) is 11.8 Å². The van der Waals surface area contributed by atoms with Crippen molar-refractivity contribution < 1.29 is 14.3 Å². The molecule has 2 heterocycles. The fourth-order valence-corrected chi connectivity index (χ4v) is 3.11. The molecule has 126 valence electrons. The number of carbonyl (C=O) groups excluding carboxylic acids is 2. The van der Waals surface area contributed by atoms with Gasteiger partial charge >= 0.3 is 5.97 Å². The topological polar surface area (TPSA) is 86.1 Å². The van der Waals surface area contributed by atoms with Gasteiger partial charge in [0.05, 0.1) is 6.04 Å². The van der Waals surface area contributed by atoms with Crippen molar-refractivity contribution in [3.05, 3.63) is 11.9 Å². The number of hydrogen-bond acceptors (Lipinski definition) is 6. The van der Waals surface area contributed by atoms with Crippen LogP contribution in [-0.4, -0.2) is 38.4 Å². The predicted molar refractivity (Wildman–Crippen MR) is 82.4 cm³/mol. The number of hydrogen-bond donors (Lipinski definition) is 1. The summed E-state index contributed by atoms with van der Waals surface area (Å²) < 4.78 is 7.04. The summed E-state index contributed by atoms with van der Waals surface area (Å²) in [5, 5.41) is 11.5. The van der Waals surface area contributed by atoms with Crippen molar-refractivity contribution in [1.29, 1.82) is 0 Å². The Bertz CT molecular complexity index is 615. The Hall–Kier alpha value is -1.76. The Morgan fingerprint density at radius 3 is 2.61 bits per heavy atom. The fourth-order valence-electron chi connectivity index (χ4n) is 3.11. The monoisotopic (exact) mass is 320 g/mol. The minimum atomic E-state index is -0.860. The van der Waals surface area contributed by atoms with Crippen molar-refractivity contribution in [2.45, 2.75) is 57.7 Å². The second-order valence-corrected chi connectivity index (χ2v) is 7.59. The fraction of sp³-hybridized carbons (Fsp3) is 0.750. The summed E-state index contributed by atoms with van der Waals surface area (Å²) >= 11 is 0. The summed E-state index contributed by atoms with van der Waals surface area (Å²) in [7, 11) is 1.77. The quantitative estimate of drug-likeness (QED) is 0.664. The standard InChI is InChI=1S/C16H24N4O3/c1-16(2,3)23-15(22)13-12(21)7-10(9-5-6-9)17-14(13)11-8-20(4)19-18-11/h8-10,13-14,17H,5-7H2,1-4H3/t10-,13+,14-/m1/s1. The third kappa shape index (κ3) is 3.60. The van der Waals surface area contributed by atoms with Crippen LogP contribution in [-0.2, 0) is 21.4 Å². The second-order valence-electron chi connectivity index (χ2n) is 7.59. The van der Waals surface area contributed by atoms with Gasteiger partial charge in [0.2, 0.25) is 0 Å². The van der Waals surface area contributed by atoms with Crippen molar-refractivity contribution in [3.63, 3.8) is 0 Å². The largest absolute Gasteiger partial charge is 0.459 e. The average Bonchev–Trinajstić information content (AvgIpc) is 3.18. The second kappa shape index (κ2) is 5.70. The number of Topliss-reactive ketones (excluding diaryl/α,β-unsaturated/α-hetero) is 1. The maximum Gasteiger partial charge on any atom is 0.319 e. The van der Waals surface area contributed by atoms with Crippen LogP contribution in [0.4, 0.5) is 0 Å². The SMILES string of the molecule is Cn1cc([C@H]2N[C@@H](C3CC3)CC(=O)[C@@H]2C(=O)OC(C)(C)C)nn1. The summed E-state index contributed by atoms with van der Waals surface area (Å²) in [5.41, 5.74) is -0.0143. The highest BCUT2D eigenvalue weighted by Crippen LogP contribution is 2.40. The molecule has 0 radical (unpaired) electrons. The van der Waals surface area contributed by atoms with E-state index in [1.807, 2.05) is 0 Å². The molecule has 3 atom stereocenters. The van der Waals surface area contributed by atoms with Crippen molar-refractivity contribution in [3.8, 4) is 0 Å². The molecular weight excluding hydrogens is 296 g/mol. The summed E-state index contributed by atoms with van der Waals surface area (Å²) in [4.78, 5) is 25.2. The number of nitrogens with zero attached hydrogens (tertiary/aromatic N) is 3. The van der Waals surface area contributed by atoms with Crippen LogP contribution in [0.15, 0.2) is 6.20 Å². The van der Waals surface area contributed by atoms with E-state index in [0.29, 0.717) is 18.0 Å². The zero-order valence-corrected chi connectivity index (χ0v) is 14.1. The van der Waals surface area contributed by atoms with Gasteiger partial charge in [-0.2, -0.15) is 0 Å². The number of ether oxygens (including phenoxy) is 1. The molecule has 1 aromatic heterocycles. The molecular formula is C16H24N4O3. The Balaban J connectivity index is 1.87. The van der Waals surface area contributed by atoms with E-state index in [0.717, 1.165) is 12.8 Å². The lowest BCUT2D eigenvalue weighted by Crippen LogP contribution is -2.51. The highest BCUT2D eigenvalue weighted by atomic mass is 16.6. The molecule has 3 rings (SSSR count). The molecule has 1 aliphatic carbocycles. The van der Waals surface area contributed by atoms with Gasteiger partial charge in [-0.3, -0.25) is 14.3 Å². The van der Waals surface area contributed by atoms with Crippen LogP contribution < -0.4 is 5.32 Å². The molecule has 1 aromatic rings. The summed E-state index contributed by atoms with van der Waals surface area (Å²) in [6, 6.07) is -0.349. The number of aromatic nitrogens is 3. The van der Waals surface area contributed by atoms with Gasteiger partial charge in [-0.1, -0.05) is 5.21 Å². The van der Waals surface area contributed by atoms with Crippen LogP contribution in [0.1, 0.15) is 51.8 Å². The van der Waals surface area contributed by atoms with Crippen LogP contribution in [0.3, 0.4) is 0 Å². The van der Waals surface area contributed by atoms with Gasteiger partial charge in [-0.05, 0) is 39.5 Å². The number of aryl methyl sites for hydroxylation is 1. The highest BCUT2D eigenvalue weighted by molar-refractivity contribution is 6.01. The van der Waals surface area contributed by atoms with Crippen LogP contribution in [0.2, 0.25) is 0 Å². The molecule has 7 heteroatoms. The average molecular weight is 320 g/mol. The van der Waals surface area contributed by atoms with E-state index in [1.165, 1.54) is 0 Å². The first-order valence-corrected chi connectivity index (χ1v) is 8.12. The van der Waals surface area contributed by atoms with E-state index < -0.39 is 23.5 Å². The molecule has 2 fully saturated rings. The zero-order chi connectivity index (χ0) is 16.8. The van der Waals surface area contributed by atoms with Crippen molar-refractivity contribution in [1.82, 2.24) is 20.3 Å². The van der Waals surface area contributed by atoms with Crippen molar-refractivity contribution in [2.24, 2.45) is 18.9 Å². The van der Waals surface area contributed by atoms with Gasteiger partial charge in [-0.15, -0.1) is 5.10 Å². The van der Waals surface area contributed by atoms with Gasteiger partial charge in [0.15, 0.2) is 5.78 Å². The van der Waals surface area contributed by atoms with Gasteiger partial charge in [0.25, 0.3) is 0 Å². The Morgan fingerprint density at radius 1 is 1.39 bits per heavy atom. The minimum Gasteiger partial charge on any atom is -0.459 e.